The van der Waals surface area contributed by atoms with Gasteiger partial charge < -0.3 is 0 Å². The molecule has 0 fully saturated rings. The molecular weight excluding hydrogens is 110 g/mol. The van der Waals surface area contributed by atoms with Gasteiger partial charge >= 0.3 is 0 Å². The lowest BCUT2D eigenvalue weighted by atomic mass is 10.3. The predicted molar refractivity (Wildman–Crippen MR) is 44.1 cm³/mol. The molecule has 0 aromatic heterocycles. The highest BCUT2D eigenvalue weighted by molar-refractivity contribution is 5.89. The lowest BCUT2D eigenvalue weighted by Crippen LogP contribution is -2.00. The maximum absolute atomic E-state index is 4.35. The SMILES string of the molecule is CCC(C)=[N+]=C(C)CC. The molecule has 0 aliphatic carbocycles. The van der Waals surface area contributed by atoms with E-state index in [9.17, 15) is 0 Å². The van der Waals surface area contributed by atoms with Gasteiger partial charge in [-0.05, 0) is 0 Å². The first-order valence-electron chi connectivity index (χ1n) is 3.57. The van der Waals surface area contributed by atoms with Gasteiger partial charge in [-0.15, -0.1) is 4.67 Å². The Bertz CT molecular complexity index is 125. The van der Waals surface area contributed by atoms with Crippen molar-refractivity contribution in [3.05, 3.63) is 0 Å². The smallest absolute Gasteiger partial charge is 0.104 e. The van der Waals surface area contributed by atoms with Crippen molar-refractivity contribution >= 4 is 11.4 Å². The molecule has 0 aliphatic rings. The van der Waals surface area contributed by atoms with Crippen LogP contribution >= 0.6 is 0 Å². The Morgan fingerprint density at radius 2 is 1.33 bits per heavy atom. The van der Waals surface area contributed by atoms with Crippen LogP contribution in [0.2, 0.25) is 0 Å². The quantitative estimate of drug-likeness (QED) is 0.395. The van der Waals surface area contributed by atoms with Crippen molar-refractivity contribution in [1.82, 2.24) is 4.67 Å². The minimum Gasteiger partial charge on any atom is -0.104 e. The van der Waals surface area contributed by atoms with Crippen molar-refractivity contribution in [1.29, 1.82) is 0 Å². The fourth-order valence-electron chi connectivity index (χ4n) is 0.484. The van der Waals surface area contributed by atoms with Gasteiger partial charge in [-0.1, -0.05) is 13.8 Å². The van der Waals surface area contributed by atoms with Crippen LogP contribution in [0.4, 0.5) is 0 Å². The second-order valence-electron chi connectivity index (χ2n) is 2.29. The van der Waals surface area contributed by atoms with E-state index < -0.39 is 0 Å². The highest BCUT2D eigenvalue weighted by Gasteiger charge is 1.98. The molecule has 0 saturated carbocycles. The van der Waals surface area contributed by atoms with Gasteiger partial charge in [-0.3, -0.25) is 0 Å². The molecule has 0 amide bonds. The average Bonchev–Trinajstić information content (AvgIpc) is 1.87. The van der Waals surface area contributed by atoms with E-state index in [1.165, 1.54) is 11.4 Å². The number of hydrogen-bond donors (Lipinski definition) is 0. The molecule has 0 radical (unpaired) electrons. The summed E-state index contributed by atoms with van der Waals surface area (Å²) in [7, 11) is 0. The Morgan fingerprint density at radius 1 is 1.00 bits per heavy atom. The van der Waals surface area contributed by atoms with Gasteiger partial charge in [0.2, 0.25) is 0 Å². The second-order valence-corrected chi connectivity index (χ2v) is 2.29. The summed E-state index contributed by atoms with van der Waals surface area (Å²) in [4.78, 5) is 0. The molecule has 0 aliphatic heterocycles. The van der Waals surface area contributed by atoms with Gasteiger partial charge in [0, 0.05) is 26.7 Å². The topological polar surface area (TPSA) is 14.1 Å². The monoisotopic (exact) mass is 126 g/mol. The molecule has 52 valence electrons. The molecule has 0 aromatic carbocycles. The average molecular weight is 126 g/mol. The van der Waals surface area contributed by atoms with Gasteiger partial charge in [-0.25, -0.2) is 0 Å². The van der Waals surface area contributed by atoms with E-state index in [0.29, 0.717) is 0 Å². The van der Waals surface area contributed by atoms with E-state index in [4.69, 9.17) is 0 Å². The molecular formula is C8H16N+. The highest BCUT2D eigenvalue weighted by Crippen LogP contribution is 1.78. The highest BCUT2D eigenvalue weighted by atomic mass is 14.6. The van der Waals surface area contributed by atoms with Crippen molar-refractivity contribution < 1.29 is 0 Å². The largest absolute Gasteiger partial charge is 0.277 e. The van der Waals surface area contributed by atoms with Crippen LogP contribution in [0.15, 0.2) is 0 Å². The number of rotatable bonds is 2. The summed E-state index contributed by atoms with van der Waals surface area (Å²) in [6.45, 7) is 8.39. The summed E-state index contributed by atoms with van der Waals surface area (Å²) in [5, 5.41) is 0. The molecule has 0 aromatic rings. The molecule has 0 spiro atoms. The van der Waals surface area contributed by atoms with Crippen LogP contribution in [0, 0.1) is 0 Å². The zero-order valence-corrected chi connectivity index (χ0v) is 6.86. The van der Waals surface area contributed by atoms with E-state index in [1.807, 2.05) is 0 Å². The zero-order valence-electron chi connectivity index (χ0n) is 6.86. The van der Waals surface area contributed by atoms with Crippen LogP contribution in [0.3, 0.4) is 0 Å². The number of hydrogen-bond acceptors (Lipinski definition) is 0. The minimum absolute atomic E-state index is 1.07. The van der Waals surface area contributed by atoms with Crippen molar-refractivity contribution in [2.24, 2.45) is 0 Å². The molecule has 0 heterocycles. The lowest BCUT2D eigenvalue weighted by molar-refractivity contribution is 1.21. The van der Waals surface area contributed by atoms with Gasteiger partial charge in [0.25, 0.3) is 11.4 Å². The van der Waals surface area contributed by atoms with Crippen LogP contribution in [-0.4, -0.2) is 11.4 Å². The molecule has 0 bridgehead atoms. The van der Waals surface area contributed by atoms with Gasteiger partial charge in [-0.2, -0.15) is 0 Å². The first-order valence-corrected chi connectivity index (χ1v) is 3.57. The molecule has 0 rings (SSSR count). The third-order valence-electron chi connectivity index (χ3n) is 1.41. The van der Waals surface area contributed by atoms with Crippen LogP contribution in [0.25, 0.3) is 0 Å². The van der Waals surface area contributed by atoms with E-state index in [0.717, 1.165) is 12.8 Å². The Hall–Kier alpha value is -0.550. The molecule has 9 heavy (non-hydrogen) atoms. The van der Waals surface area contributed by atoms with Gasteiger partial charge in [0.05, 0.1) is 0 Å². The Kier molecular flexibility index (Phi) is 4.08. The third kappa shape index (κ3) is 3.99. The van der Waals surface area contributed by atoms with E-state index in [1.54, 1.807) is 0 Å². The maximum Gasteiger partial charge on any atom is 0.277 e. The fraction of sp³-hybridized carbons (Fsp3) is 0.750. The van der Waals surface area contributed by atoms with Gasteiger partial charge in [0.1, 0.15) is 0 Å². The Labute approximate surface area is 57.5 Å². The van der Waals surface area contributed by atoms with E-state index in [2.05, 4.69) is 32.4 Å². The van der Waals surface area contributed by atoms with Gasteiger partial charge in [0.15, 0.2) is 0 Å². The summed E-state index contributed by atoms with van der Waals surface area (Å²) >= 11 is 0. The normalized spacial score (nSPS) is 8.44. The van der Waals surface area contributed by atoms with Crippen molar-refractivity contribution in [2.45, 2.75) is 40.5 Å². The summed E-state index contributed by atoms with van der Waals surface area (Å²) in [5.41, 5.74) is 2.46. The van der Waals surface area contributed by atoms with Crippen LogP contribution < -0.4 is 4.67 Å². The molecule has 0 N–H and O–H groups in total. The van der Waals surface area contributed by atoms with Crippen LogP contribution in [-0.2, 0) is 0 Å². The fourth-order valence-corrected chi connectivity index (χ4v) is 0.484. The predicted octanol–water partition coefficient (Wildman–Crippen LogP) is 1.80. The minimum atomic E-state index is 1.07. The first kappa shape index (κ1) is 8.45. The first-order chi connectivity index (χ1) is 4.20. The summed E-state index contributed by atoms with van der Waals surface area (Å²) in [5.74, 6) is 0. The zero-order chi connectivity index (χ0) is 7.28. The maximum atomic E-state index is 4.35. The van der Waals surface area contributed by atoms with Crippen LogP contribution in [0.5, 0.6) is 0 Å². The number of nitrogens with zero attached hydrogens (tertiary/aromatic N) is 1. The molecule has 1 heteroatoms. The standard InChI is InChI=1S/C8H16N/c1-5-7(3)9-8(4)6-2/h5-6H2,1-4H3/q+1. The summed E-state index contributed by atoms with van der Waals surface area (Å²) in [6, 6.07) is 0. The summed E-state index contributed by atoms with van der Waals surface area (Å²) in [6.07, 6.45) is 2.13. The molecule has 0 unspecified atom stereocenters. The molecule has 0 saturated heterocycles. The lowest BCUT2D eigenvalue weighted by Gasteiger charge is -1.74. The third-order valence-corrected chi connectivity index (χ3v) is 1.41. The Morgan fingerprint density at radius 3 is 1.56 bits per heavy atom. The molecule has 0 atom stereocenters. The van der Waals surface area contributed by atoms with Crippen molar-refractivity contribution in [3.8, 4) is 0 Å². The second kappa shape index (κ2) is 4.34. The summed E-state index contributed by atoms with van der Waals surface area (Å²) < 4.78 is 4.35. The van der Waals surface area contributed by atoms with Crippen molar-refractivity contribution in [2.75, 3.05) is 0 Å². The van der Waals surface area contributed by atoms with Crippen molar-refractivity contribution in [3.63, 3.8) is 0 Å². The van der Waals surface area contributed by atoms with Crippen LogP contribution in [0.1, 0.15) is 40.5 Å². The Balaban J connectivity index is 4.19. The van der Waals surface area contributed by atoms with E-state index >= 15 is 0 Å². The van der Waals surface area contributed by atoms with E-state index in [-0.39, 0.29) is 0 Å². The molecule has 1 nitrogen and oxygen atoms in total.